The van der Waals surface area contributed by atoms with Gasteiger partial charge in [-0.1, -0.05) is 39.0 Å². The highest BCUT2D eigenvalue weighted by Gasteiger charge is 2.23. The summed E-state index contributed by atoms with van der Waals surface area (Å²) in [5.74, 6) is 0.628. The Morgan fingerprint density at radius 2 is 2.11 bits per heavy atom. The fourth-order valence-electron chi connectivity index (χ4n) is 4.45. The van der Waals surface area contributed by atoms with E-state index in [-0.39, 0.29) is 5.78 Å². The SMILES string of the molecule is CCCCC1CCCCCCc2cc1c(C=C1NC(c3ccc[nH]3)=CC1=O)[nH]2. The lowest BCUT2D eigenvalue weighted by molar-refractivity contribution is -0.111. The van der Waals surface area contributed by atoms with Crippen molar-refractivity contribution < 1.29 is 4.79 Å². The second-order valence-electron chi connectivity index (χ2n) is 8.14. The van der Waals surface area contributed by atoms with Crippen LogP contribution in [0.5, 0.6) is 0 Å². The Hall–Kier alpha value is -2.49. The number of aromatic amines is 2. The smallest absolute Gasteiger partial charge is 0.204 e. The topological polar surface area (TPSA) is 60.7 Å². The molecule has 0 aromatic carbocycles. The van der Waals surface area contributed by atoms with Crippen molar-refractivity contribution in [3.63, 3.8) is 0 Å². The lowest BCUT2D eigenvalue weighted by atomic mass is 9.87. The van der Waals surface area contributed by atoms with Gasteiger partial charge in [0.15, 0.2) is 0 Å². The predicted octanol–water partition coefficient (Wildman–Crippen LogP) is 5.68. The molecule has 2 bridgehead atoms. The molecule has 0 radical (unpaired) electrons. The number of allylic oxidation sites excluding steroid dienone is 1. The third-order valence-electron chi connectivity index (χ3n) is 6.02. The third-order valence-corrected chi connectivity index (χ3v) is 6.02. The maximum absolute atomic E-state index is 12.6. The minimum absolute atomic E-state index is 0.0427. The number of hydrogen-bond donors (Lipinski definition) is 3. The fourth-order valence-corrected chi connectivity index (χ4v) is 4.45. The first-order valence-corrected chi connectivity index (χ1v) is 10.8. The molecule has 4 heteroatoms. The lowest BCUT2D eigenvalue weighted by Crippen LogP contribution is -2.10. The zero-order chi connectivity index (χ0) is 19.3. The predicted molar refractivity (Wildman–Crippen MR) is 115 cm³/mol. The van der Waals surface area contributed by atoms with Gasteiger partial charge in [0.05, 0.1) is 17.1 Å². The van der Waals surface area contributed by atoms with Crippen LogP contribution in [0.1, 0.15) is 86.9 Å². The average Bonchev–Trinajstić information content (AvgIpc) is 3.42. The molecule has 0 spiro atoms. The molecule has 2 aliphatic rings. The van der Waals surface area contributed by atoms with Crippen molar-refractivity contribution in [3.8, 4) is 0 Å². The molecule has 3 heterocycles. The number of aromatic nitrogens is 2. The van der Waals surface area contributed by atoms with Crippen molar-refractivity contribution in [3.05, 3.63) is 58.8 Å². The van der Waals surface area contributed by atoms with Gasteiger partial charge in [0.25, 0.3) is 0 Å². The summed E-state index contributed by atoms with van der Waals surface area (Å²) in [6, 6.07) is 6.29. The summed E-state index contributed by atoms with van der Waals surface area (Å²) in [6.45, 7) is 2.26. The average molecular weight is 378 g/mol. The Balaban J connectivity index is 1.63. The Bertz CT molecular complexity index is 870. The van der Waals surface area contributed by atoms with Crippen LogP contribution in [0.4, 0.5) is 0 Å². The normalized spacial score (nSPS) is 21.6. The van der Waals surface area contributed by atoms with E-state index in [2.05, 4.69) is 28.3 Å². The summed E-state index contributed by atoms with van der Waals surface area (Å²) >= 11 is 0. The Morgan fingerprint density at radius 3 is 2.93 bits per heavy atom. The highest BCUT2D eigenvalue weighted by Crippen LogP contribution is 2.34. The summed E-state index contributed by atoms with van der Waals surface area (Å²) in [7, 11) is 0. The largest absolute Gasteiger partial charge is 0.360 e. The first-order chi connectivity index (χ1) is 13.7. The van der Waals surface area contributed by atoms with Gasteiger partial charge in [0.2, 0.25) is 5.78 Å². The minimum atomic E-state index is 0.0427. The van der Waals surface area contributed by atoms with Crippen LogP contribution >= 0.6 is 0 Å². The molecular formula is C24H31N3O. The highest BCUT2D eigenvalue weighted by molar-refractivity contribution is 6.14. The van der Waals surface area contributed by atoms with Gasteiger partial charge in [0.1, 0.15) is 0 Å². The Kier molecular flexibility index (Phi) is 5.84. The van der Waals surface area contributed by atoms with Crippen LogP contribution in [0.15, 0.2) is 36.2 Å². The number of nitrogens with one attached hydrogen (secondary N) is 3. The summed E-state index contributed by atoms with van der Waals surface area (Å²) in [5, 5.41) is 3.31. The first-order valence-electron chi connectivity index (χ1n) is 10.8. The van der Waals surface area contributed by atoms with Crippen molar-refractivity contribution >= 4 is 17.6 Å². The van der Waals surface area contributed by atoms with Crippen molar-refractivity contribution in [1.29, 1.82) is 0 Å². The van der Waals surface area contributed by atoms with E-state index in [1.807, 2.05) is 24.4 Å². The second kappa shape index (κ2) is 8.68. The zero-order valence-electron chi connectivity index (χ0n) is 16.8. The molecule has 1 unspecified atom stereocenters. The summed E-state index contributed by atoms with van der Waals surface area (Å²) in [4.78, 5) is 19.4. The number of H-pyrrole nitrogens is 2. The molecule has 0 fully saturated rings. The summed E-state index contributed by atoms with van der Waals surface area (Å²) in [5.41, 5.74) is 6.28. The maximum atomic E-state index is 12.6. The van der Waals surface area contributed by atoms with Crippen LogP contribution in [0.3, 0.4) is 0 Å². The van der Waals surface area contributed by atoms with Gasteiger partial charge in [-0.3, -0.25) is 4.79 Å². The second-order valence-corrected chi connectivity index (χ2v) is 8.14. The van der Waals surface area contributed by atoms with E-state index in [4.69, 9.17) is 0 Å². The molecule has 148 valence electrons. The number of carbonyl (C=O) groups is 1. The quantitative estimate of drug-likeness (QED) is 0.587. The number of unbranched alkanes of at least 4 members (excludes halogenated alkanes) is 1. The molecule has 1 atom stereocenters. The van der Waals surface area contributed by atoms with Gasteiger partial charge in [-0.2, -0.15) is 0 Å². The van der Waals surface area contributed by atoms with E-state index >= 15 is 0 Å². The van der Waals surface area contributed by atoms with E-state index in [0.717, 1.165) is 23.5 Å². The van der Waals surface area contributed by atoms with Gasteiger partial charge in [-0.15, -0.1) is 0 Å². The molecule has 1 aliphatic heterocycles. The van der Waals surface area contributed by atoms with Crippen LogP contribution < -0.4 is 5.32 Å². The number of aryl methyl sites for hydroxylation is 1. The molecule has 2 aromatic rings. The van der Waals surface area contributed by atoms with E-state index < -0.39 is 0 Å². The number of carbonyl (C=O) groups excluding carboxylic acids is 1. The highest BCUT2D eigenvalue weighted by atomic mass is 16.1. The molecule has 3 N–H and O–H groups in total. The van der Waals surface area contributed by atoms with E-state index in [0.29, 0.717) is 11.6 Å². The third kappa shape index (κ3) is 4.16. The number of fused-ring (bicyclic) bond motifs is 2. The standard InChI is InChI=1S/C24H31N3O/c1-2-3-9-17-10-6-4-5-7-11-18-14-19(17)21(26-18)15-23-24(28)16-22(27-23)20-12-8-13-25-20/h8,12-17,25-27H,2-7,9-11H2,1H3. The van der Waals surface area contributed by atoms with E-state index in [1.54, 1.807) is 6.08 Å². The molecule has 0 amide bonds. The first kappa shape index (κ1) is 18.9. The number of hydrogen-bond acceptors (Lipinski definition) is 2. The summed E-state index contributed by atoms with van der Waals surface area (Å²) < 4.78 is 0. The van der Waals surface area contributed by atoms with Crippen LogP contribution in [-0.4, -0.2) is 15.8 Å². The van der Waals surface area contributed by atoms with Crippen molar-refractivity contribution in [2.75, 3.05) is 0 Å². The Morgan fingerprint density at radius 1 is 1.21 bits per heavy atom. The van der Waals surface area contributed by atoms with Gasteiger partial charge < -0.3 is 15.3 Å². The molecule has 4 rings (SSSR count). The molecule has 4 nitrogen and oxygen atoms in total. The Labute approximate surface area is 167 Å². The summed E-state index contributed by atoms with van der Waals surface area (Å²) in [6.07, 6.45) is 16.9. The molecular weight excluding hydrogens is 346 g/mol. The molecule has 28 heavy (non-hydrogen) atoms. The molecule has 0 saturated carbocycles. The van der Waals surface area contributed by atoms with Crippen LogP contribution in [0.25, 0.3) is 11.8 Å². The van der Waals surface area contributed by atoms with Gasteiger partial charge in [-0.05, 0) is 61.4 Å². The fraction of sp³-hybridized carbons (Fsp3) is 0.458. The van der Waals surface area contributed by atoms with Gasteiger partial charge in [0, 0.05) is 23.7 Å². The maximum Gasteiger partial charge on any atom is 0.204 e. The van der Waals surface area contributed by atoms with Gasteiger partial charge in [-0.25, -0.2) is 0 Å². The lowest BCUT2D eigenvalue weighted by Gasteiger charge is -2.17. The van der Waals surface area contributed by atoms with Gasteiger partial charge >= 0.3 is 0 Å². The number of rotatable bonds is 5. The minimum Gasteiger partial charge on any atom is -0.360 e. The van der Waals surface area contributed by atoms with Crippen LogP contribution in [-0.2, 0) is 11.2 Å². The monoisotopic (exact) mass is 377 g/mol. The van der Waals surface area contributed by atoms with Crippen molar-refractivity contribution in [2.24, 2.45) is 0 Å². The van der Waals surface area contributed by atoms with Crippen molar-refractivity contribution in [2.45, 2.75) is 70.6 Å². The van der Waals surface area contributed by atoms with Crippen LogP contribution in [0.2, 0.25) is 0 Å². The van der Waals surface area contributed by atoms with E-state index in [9.17, 15) is 4.79 Å². The zero-order valence-corrected chi connectivity index (χ0v) is 16.8. The van der Waals surface area contributed by atoms with Crippen molar-refractivity contribution in [1.82, 2.24) is 15.3 Å². The van der Waals surface area contributed by atoms with E-state index in [1.165, 1.54) is 62.6 Å². The number of ketones is 1. The molecule has 0 saturated heterocycles. The van der Waals surface area contributed by atoms with Crippen LogP contribution in [0, 0.1) is 0 Å². The molecule has 1 aliphatic carbocycles. The molecule has 2 aromatic heterocycles.